The molecule has 0 aromatic heterocycles. The van der Waals surface area contributed by atoms with Crippen LogP contribution >= 0.6 is 0 Å². The first-order valence-corrected chi connectivity index (χ1v) is 8.76. The molecule has 26 heavy (non-hydrogen) atoms. The van der Waals surface area contributed by atoms with Crippen molar-refractivity contribution in [3.63, 3.8) is 0 Å². The second-order valence-electron chi connectivity index (χ2n) is 6.48. The molecule has 130 valence electrons. The molecule has 4 rings (SSSR count). The summed E-state index contributed by atoms with van der Waals surface area (Å²) < 4.78 is 11.7. The molecule has 0 radical (unpaired) electrons. The predicted molar refractivity (Wildman–Crippen MR) is 101 cm³/mol. The van der Waals surface area contributed by atoms with E-state index in [0.717, 1.165) is 12.8 Å². The van der Waals surface area contributed by atoms with Crippen molar-refractivity contribution < 1.29 is 14.3 Å². The summed E-state index contributed by atoms with van der Waals surface area (Å²) in [5.74, 6) is 1.24. The lowest BCUT2D eigenvalue weighted by Gasteiger charge is -2.17. The Morgan fingerprint density at radius 3 is 2.12 bits per heavy atom. The molecule has 0 spiro atoms. The van der Waals surface area contributed by atoms with E-state index >= 15 is 0 Å². The maximum atomic E-state index is 12.7. The molecule has 0 fully saturated rings. The van der Waals surface area contributed by atoms with Gasteiger partial charge in [-0.15, -0.1) is 0 Å². The Hall–Kier alpha value is -3.07. The van der Waals surface area contributed by atoms with Crippen molar-refractivity contribution in [2.75, 3.05) is 7.11 Å². The van der Waals surface area contributed by atoms with Crippen molar-refractivity contribution in [3.05, 3.63) is 95.1 Å². The number of benzene rings is 3. The Morgan fingerprint density at radius 2 is 1.46 bits per heavy atom. The molecule has 0 saturated heterocycles. The van der Waals surface area contributed by atoms with Gasteiger partial charge in [-0.05, 0) is 29.3 Å². The maximum absolute atomic E-state index is 12.7. The zero-order valence-corrected chi connectivity index (χ0v) is 14.6. The molecule has 1 aliphatic carbocycles. The number of rotatable bonds is 5. The Bertz CT molecular complexity index is 906. The summed E-state index contributed by atoms with van der Waals surface area (Å²) in [5, 5.41) is 0. The number of fused-ring (bicyclic) bond motifs is 1. The molecule has 0 heterocycles. The Kier molecular flexibility index (Phi) is 4.44. The molecule has 0 bridgehead atoms. The molecule has 1 aliphatic rings. The van der Waals surface area contributed by atoms with Crippen molar-refractivity contribution >= 4 is 5.78 Å². The van der Waals surface area contributed by atoms with E-state index in [0.29, 0.717) is 22.6 Å². The Morgan fingerprint density at radius 1 is 0.808 bits per heavy atom. The summed E-state index contributed by atoms with van der Waals surface area (Å²) in [6.45, 7) is 0. The monoisotopic (exact) mass is 344 g/mol. The molecular weight excluding hydrogens is 324 g/mol. The molecule has 3 heteroatoms. The van der Waals surface area contributed by atoms with Crippen molar-refractivity contribution in [2.24, 2.45) is 0 Å². The van der Waals surface area contributed by atoms with Crippen LogP contribution in [0.4, 0.5) is 0 Å². The van der Waals surface area contributed by atoms with Crippen LogP contribution in [0.2, 0.25) is 0 Å². The smallest absolute Gasteiger partial charge is 0.193 e. The zero-order valence-electron chi connectivity index (χ0n) is 14.6. The van der Waals surface area contributed by atoms with Crippen LogP contribution in [-0.2, 0) is 12.8 Å². The van der Waals surface area contributed by atoms with E-state index in [1.165, 1.54) is 11.1 Å². The Balaban J connectivity index is 1.59. The highest BCUT2D eigenvalue weighted by Gasteiger charge is 2.24. The van der Waals surface area contributed by atoms with E-state index in [1.54, 1.807) is 25.3 Å². The first-order chi connectivity index (χ1) is 12.7. The molecule has 3 aromatic rings. The standard InChI is InChI=1S/C23H20O3/c1-25-21-12-11-19(23(24)16-7-3-2-4-8-16)15-22(21)26-20-13-17-9-5-6-10-18(17)14-20/h2-12,15,20H,13-14H2,1H3. The fourth-order valence-corrected chi connectivity index (χ4v) is 3.45. The predicted octanol–water partition coefficient (Wildman–Crippen LogP) is 4.47. The molecule has 3 aromatic carbocycles. The third-order valence-electron chi connectivity index (χ3n) is 4.77. The highest BCUT2D eigenvalue weighted by molar-refractivity contribution is 6.09. The number of carbonyl (C=O) groups is 1. The fourth-order valence-electron chi connectivity index (χ4n) is 3.45. The van der Waals surface area contributed by atoms with E-state index < -0.39 is 0 Å². The Labute approximate surface area is 153 Å². The van der Waals surface area contributed by atoms with Gasteiger partial charge in [0.2, 0.25) is 0 Å². The van der Waals surface area contributed by atoms with E-state index in [-0.39, 0.29) is 11.9 Å². The van der Waals surface area contributed by atoms with Gasteiger partial charge in [0, 0.05) is 24.0 Å². The van der Waals surface area contributed by atoms with E-state index in [2.05, 4.69) is 24.3 Å². The van der Waals surface area contributed by atoms with Gasteiger partial charge < -0.3 is 9.47 Å². The molecule has 3 nitrogen and oxygen atoms in total. The van der Waals surface area contributed by atoms with Crippen LogP contribution in [0.5, 0.6) is 11.5 Å². The topological polar surface area (TPSA) is 35.5 Å². The first kappa shape index (κ1) is 16.4. The van der Waals surface area contributed by atoms with Crippen molar-refractivity contribution in [1.29, 1.82) is 0 Å². The van der Waals surface area contributed by atoms with Crippen molar-refractivity contribution in [1.82, 2.24) is 0 Å². The highest BCUT2D eigenvalue weighted by Crippen LogP contribution is 2.33. The lowest BCUT2D eigenvalue weighted by atomic mass is 10.0. The van der Waals surface area contributed by atoms with Gasteiger partial charge in [0.15, 0.2) is 17.3 Å². The van der Waals surface area contributed by atoms with E-state index in [4.69, 9.17) is 9.47 Å². The van der Waals surface area contributed by atoms with Gasteiger partial charge in [-0.2, -0.15) is 0 Å². The maximum Gasteiger partial charge on any atom is 0.193 e. The average molecular weight is 344 g/mol. The molecule has 0 aliphatic heterocycles. The summed E-state index contributed by atoms with van der Waals surface area (Å²) in [6.07, 6.45) is 1.80. The lowest BCUT2D eigenvalue weighted by molar-refractivity contribution is 0.103. The number of hydrogen-bond acceptors (Lipinski definition) is 3. The van der Waals surface area contributed by atoms with Crippen molar-refractivity contribution in [2.45, 2.75) is 18.9 Å². The second kappa shape index (κ2) is 7.04. The SMILES string of the molecule is COc1ccc(C(=O)c2ccccc2)cc1OC1Cc2ccccc2C1. The van der Waals surface area contributed by atoms with Gasteiger partial charge in [0.25, 0.3) is 0 Å². The number of hydrogen-bond donors (Lipinski definition) is 0. The normalized spacial score (nSPS) is 13.3. The number of methoxy groups -OCH3 is 1. The molecule has 0 unspecified atom stereocenters. The van der Waals surface area contributed by atoms with Crippen LogP contribution in [0.15, 0.2) is 72.8 Å². The summed E-state index contributed by atoms with van der Waals surface area (Å²) in [5.41, 5.74) is 3.92. The third kappa shape index (κ3) is 3.21. The van der Waals surface area contributed by atoms with Gasteiger partial charge in [-0.3, -0.25) is 4.79 Å². The molecule has 0 saturated carbocycles. The number of ketones is 1. The summed E-state index contributed by atoms with van der Waals surface area (Å²) in [7, 11) is 1.62. The van der Waals surface area contributed by atoms with Crippen LogP contribution in [0, 0.1) is 0 Å². The van der Waals surface area contributed by atoms with Gasteiger partial charge in [0.1, 0.15) is 6.10 Å². The minimum atomic E-state index is -0.0205. The third-order valence-corrected chi connectivity index (χ3v) is 4.77. The highest BCUT2D eigenvalue weighted by atomic mass is 16.5. The van der Waals surface area contributed by atoms with Crippen molar-refractivity contribution in [3.8, 4) is 11.5 Å². The molecule has 0 atom stereocenters. The minimum Gasteiger partial charge on any atom is -0.493 e. The molecular formula is C23H20O3. The van der Waals surface area contributed by atoms with Gasteiger partial charge in [-0.25, -0.2) is 0 Å². The first-order valence-electron chi connectivity index (χ1n) is 8.76. The second-order valence-corrected chi connectivity index (χ2v) is 6.48. The van der Waals surface area contributed by atoms with E-state index in [1.807, 2.05) is 30.3 Å². The van der Waals surface area contributed by atoms with Gasteiger partial charge >= 0.3 is 0 Å². The summed E-state index contributed by atoms with van der Waals surface area (Å²) >= 11 is 0. The number of ether oxygens (including phenoxy) is 2. The number of carbonyl (C=O) groups excluding carboxylic acids is 1. The molecule has 0 N–H and O–H groups in total. The lowest BCUT2D eigenvalue weighted by Crippen LogP contribution is -2.17. The van der Waals surface area contributed by atoms with Crippen LogP contribution in [-0.4, -0.2) is 19.0 Å². The van der Waals surface area contributed by atoms with Gasteiger partial charge in [-0.1, -0.05) is 54.6 Å². The van der Waals surface area contributed by atoms with Crippen LogP contribution in [0.3, 0.4) is 0 Å². The van der Waals surface area contributed by atoms with Gasteiger partial charge in [0.05, 0.1) is 7.11 Å². The van der Waals surface area contributed by atoms with E-state index in [9.17, 15) is 4.79 Å². The summed E-state index contributed by atoms with van der Waals surface area (Å²) in [4.78, 5) is 12.7. The molecule has 0 amide bonds. The fraction of sp³-hybridized carbons (Fsp3) is 0.174. The summed E-state index contributed by atoms with van der Waals surface area (Å²) in [6, 6.07) is 23.0. The van der Waals surface area contributed by atoms with Crippen LogP contribution < -0.4 is 9.47 Å². The van der Waals surface area contributed by atoms with Crippen LogP contribution in [0.25, 0.3) is 0 Å². The largest absolute Gasteiger partial charge is 0.493 e. The minimum absolute atomic E-state index is 0.0205. The quantitative estimate of drug-likeness (QED) is 0.641. The van der Waals surface area contributed by atoms with Crippen LogP contribution in [0.1, 0.15) is 27.0 Å². The zero-order chi connectivity index (χ0) is 17.9. The average Bonchev–Trinajstić information content (AvgIpc) is 3.10.